The molecule has 0 spiro atoms. The molecule has 0 aliphatic carbocycles. The Morgan fingerprint density at radius 1 is 0.562 bits per heavy atom. The number of fused-ring (bicyclic) bond motifs is 2. The number of hydrogen-bond acceptors (Lipinski definition) is 8. The molecular weight excluding hydrogens is 616 g/mol. The van der Waals surface area contributed by atoms with Crippen LogP contribution in [0.25, 0.3) is 22.3 Å². The largest absolute Gasteiger partial charge is 0.332 e. The Hall–Kier alpha value is -5.28. The van der Waals surface area contributed by atoms with Crippen LogP contribution in [0, 0.1) is 13.8 Å². The van der Waals surface area contributed by atoms with E-state index in [4.69, 9.17) is 0 Å². The van der Waals surface area contributed by atoms with Gasteiger partial charge in [0.05, 0.1) is 24.0 Å². The minimum Gasteiger partial charge on any atom is -0.328 e. The first-order valence-corrected chi connectivity index (χ1v) is 16.0. The van der Waals surface area contributed by atoms with Crippen LogP contribution in [0.5, 0.6) is 0 Å². The summed E-state index contributed by atoms with van der Waals surface area (Å²) in [7, 11) is 10.7. The zero-order valence-corrected chi connectivity index (χ0v) is 29.0. The van der Waals surface area contributed by atoms with E-state index in [2.05, 4.69) is 32.3 Å². The van der Waals surface area contributed by atoms with E-state index in [1.165, 1.54) is 18.3 Å². The van der Waals surface area contributed by atoms with Gasteiger partial charge in [0.25, 0.3) is 11.1 Å². The number of hydrogen-bond donors (Lipinski definition) is 0. The summed E-state index contributed by atoms with van der Waals surface area (Å²) in [6.45, 7) is 4.75. The van der Waals surface area contributed by atoms with Crippen LogP contribution in [0.3, 0.4) is 0 Å². The number of imidazole rings is 2. The van der Waals surface area contributed by atoms with E-state index in [0.717, 1.165) is 61.3 Å². The highest BCUT2D eigenvalue weighted by Crippen LogP contribution is 2.09. The summed E-state index contributed by atoms with van der Waals surface area (Å²) in [5, 5.41) is 8.65. The minimum atomic E-state index is -0.317. The van der Waals surface area contributed by atoms with Gasteiger partial charge in [-0.1, -0.05) is 0 Å². The Labute approximate surface area is 276 Å². The van der Waals surface area contributed by atoms with E-state index in [9.17, 15) is 19.2 Å². The Kier molecular flexibility index (Phi) is 9.82. The number of nitrogens with zero attached hydrogens (tertiary/aromatic N) is 12. The molecule has 0 atom stereocenters. The Bertz CT molecular complexity index is 2170. The van der Waals surface area contributed by atoms with Gasteiger partial charge in [0, 0.05) is 66.8 Å². The molecule has 16 nitrogen and oxygen atoms in total. The van der Waals surface area contributed by atoms with Gasteiger partial charge in [0.2, 0.25) is 0 Å². The third kappa shape index (κ3) is 6.59. The van der Waals surface area contributed by atoms with Gasteiger partial charge in [-0.3, -0.25) is 37.2 Å². The SMILES string of the molecule is Cc1cc(CCCCn2c(=O)c3c(ncn3C)n(C)c2=O)n(C)n1.Cc1cc(CCCCn2c(=O)c3c(ncn3C)n(C)c2=O)n(C)n1. The van der Waals surface area contributed by atoms with E-state index in [1.54, 1.807) is 50.0 Å². The minimum absolute atomic E-state index is 0.274. The molecule has 0 radical (unpaired) electrons. The summed E-state index contributed by atoms with van der Waals surface area (Å²) in [6, 6.07) is 4.12. The fourth-order valence-corrected chi connectivity index (χ4v) is 6.14. The van der Waals surface area contributed by atoms with Crippen molar-refractivity contribution in [2.45, 2.75) is 65.5 Å². The summed E-state index contributed by atoms with van der Waals surface area (Å²) in [5.74, 6) is 0. The first kappa shape index (κ1) is 34.1. The van der Waals surface area contributed by atoms with Crippen LogP contribution in [0.4, 0.5) is 0 Å². The average Bonchev–Trinajstić information content (AvgIpc) is 3.79. The van der Waals surface area contributed by atoms with Crippen LogP contribution >= 0.6 is 0 Å². The van der Waals surface area contributed by atoms with E-state index < -0.39 is 0 Å². The van der Waals surface area contributed by atoms with Crippen LogP contribution in [0.2, 0.25) is 0 Å². The molecule has 48 heavy (non-hydrogen) atoms. The lowest BCUT2D eigenvalue weighted by molar-refractivity contribution is 0.546. The smallest absolute Gasteiger partial charge is 0.328 e. The second-order valence-electron chi connectivity index (χ2n) is 12.4. The van der Waals surface area contributed by atoms with Gasteiger partial charge in [-0.25, -0.2) is 19.6 Å². The quantitative estimate of drug-likeness (QED) is 0.197. The maximum absolute atomic E-state index is 12.6. The summed E-state index contributed by atoms with van der Waals surface area (Å²) in [5.41, 5.74) is 4.91. The van der Waals surface area contributed by atoms with Crippen LogP contribution in [-0.4, -0.2) is 56.9 Å². The van der Waals surface area contributed by atoms with Crippen molar-refractivity contribution in [3.63, 3.8) is 0 Å². The molecule has 16 heteroatoms. The standard InChI is InChI=1S/2C16H22N6O2/c2*1-11-9-12(21(4)18-11)7-5-6-8-22-15(23)13-14(17-10-19(13)2)20(3)16(22)24/h2*9-10H,5-8H2,1-4H3. The lowest BCUT2D eigenvalue weighted by Gasteiger charge is -2.08. The molecule has 6 heterocycles. The van der Waals surface area contributed by atoms with Gasteiger partial charge < -0.3 is 9.13 Å². The molecule has 0 N–H and O–H groups in total. The van der Waals surface area contributed by atoms with Gasteiger partial charge in [0.1, 0.15) is 0 Å². The lowest BCUT2D eigenvalue weighted by atomic mass is 10.2. The van der Waals surface area contributed by atoms with Crippen LogP contribution in [-0.2, 0) is 68.2 Å². The van der Waals surface area contributed by atoms with Gasteiger partial charge in [0.15, 0.2) is 22.3 Å². The number of unbranched alkanes of at least 4 members (excludes halogenated alkanes) is 2. The Morgan fingerprint density at radius 2 is 0.938 bits per heavy atom. The Morgan fingerprint density at radius 3 is 1.27 bits per heavy atom. The highest BCUT2D eigenvalue weighted by Gasteiger charge is 2.16. The van der Waals surface area contributed by atoms with Gasteiger partial charge in [-0.05, 0) is 64.5 Å². The van der Waals surface area contributed by atoms with Crippen molar-refractivity contribution in [2.75, 3.05) is 0 Å². The van der Waals surface area contributed by atoms with E-state index in [1.807, 2.05) is 37.3 Å². The summed E-state index contributed by atoms with van der Waals surface area (Å²) in [6.07, 6.45) is 8.14. The van der Waals surface area contributed by atoms with Crippen molar-refractivity contribution in [2.24, 2.45) is 42.3 Å². The lowest BCUT2D eigenvalue weighted by Crippen LogP contribution is -2.39. The van der Waals surface area contributed by atoms with Crippen LogP contribution in [0.1, 0.15) is 48.5 Å². The molecule has 0 aliphatic heterocycles. The average molecular weight is 661 g/mol. The zero-order valence-electron chi connectivity index (χ0n) is 29.0. The Balaban J connectivity index is 0.000000188. The van der Waals surface area contributed by atoms with E-state index in [0.29, 0.717) is 35.4 Å². The molecule has 0 aliphatic rings. The van der Waals surface area contributed by atoms with Crippen molar-refractivity contribution in [1.29, 1.82) is 0 Å². The zero-order chi connectivity index (χ0) is 34.9. The maximum atomic E-state index is 12.6. The third-order valence-corrected chi connectivity index (χ3v) is 8.73. The fourth-order valence-electron chi connectivity index (χ4n) is 6.14. The predicted molar refractivity (Wildman–Crippen MR) is 182 cm³/mol. The van der Waals surface area contributed by atoms with E-state index >= 15 is 0 Å². The molecule has 0 amide bonds. The topological polar surface area (TPSA) is 159 Å². The normalized spacial score (nSPS) is 11.5. The molecule has 6 aromatic heterocycles. The van der Waals surface area contributed by atoms with Gasteiger partial charge in [-0.2, -0.15) is 10.2 Å². The highest BCUT2D eigenvalue weighted by atomic mass is 16.2. The molecule has 0 unspecified atom stereocenters. The van der Waals surface area contributed by atoms with Crippen molar-refractivity contribution >= 4 is 22.3 Å². The third-order valence-electron chi connectivity index (χ3n) is 8.73. The molecule has 0 saturated carbocycles. The highest BCUT2D eigenvalue weighted by molar-refractivity contribution is 5.70. The molecular formula is C32H44N12O4. The molecule has 6 aromatic rings. The second-order valence-corrected chi connectivity index (χ2v) is 12.4. The molecule has 256 valence electrons. The van der Waals surface area contributed by atoms with Crippen molar-refractivity contribution < 1.29 is 0 Å². The first-order chi connectivity index (χ1) is 22.8. The number of rotatable bonds is 10. The summed E-state index contributed by atoms with van der Waals surface area (Å²) in [4.78, 5) is 58.2. The van der Waals surface area contributed by atoms with Gasteiger partial charge >= 0.3 is 11.4 Å². The second kappa shape index (κ2) is 13.8. The fraction of sp³-hybridized carbons (Fsp3) is 0.500. The molecule has 0 fully saturated rings. The number of aromatic nitrogens is 12. The summed E-state index contributed by atoms with van der Waals surface area (Å²) < 4.78 is 12.5. The number of aryl methyl sites for hydroxylation is 10. The molecule has 6 rings (SSSR count). The monoisotopic (exact) mass is 660 g/mol. The van der Waals surface area contributed by atoms with Crippen LogP contribution < -0.4 is 22.5 Å². The van der Waals surface area contributed by atoms with Crippen molar-refractivity contribution in [1.82, 2.24) is 56.9 Å². The van der Waals surface area contributed by atoms with E-state index in [-0.39, 0.29) is 22.5 Å². The van der Waals surface area contributed by atoms with Gasteiger partial charge in [-0.15, -0.1) is 0 Å². The molecule has 0 aromatic carbocycles. The molecule has 0 bridgehead atoms. The molecule has 0 saturated heterocycles. The summed E-state index contributed by atoms with van der Waals surface area (Å²) >= 11 is 0. The van der Waals surface area contributed by atoms with Crippen LogP contribution in [0.15, 0.2) is 44.0 Å². The van der Waals surface area contributed by atoms with Crippen molar-refractivity contribution in [3.8, 4) is 0 Å². The first-order valence-electron chi connectivity index (χ1n) is 16.0. The maximum Gasteiger partial charge on any atom is 0.332 e. The van der Waals surface area contributed by atoms with Crippen molar-refractivity contribution in [3.05, 3.63) is 89.2 Å². The predicted octanol–water partition coefficient (Wildman–Crippen LogP) is 0.997.